The van der Waals surface area contributed by atoms with Gasteiger partial charge in [0.15, 0.2) is 0 Å². The molecular formula is C9H8N2O6. The lowest BCUT2D eigenvalue weighted by Gasteiger charge is -2.05. The molecule has 0 saturated heterocycles. The molecule has 0 spiro atoms. The number of nitro groups is 2. The van der Waals surface area contributed by atoms with E-state index < -0.39 is 27.2 Å². The molecule has 0 aliphatic rings. The summed E-state index contributed by atoms with van der Waals surface area (Å²) < 4.78 is 4.67. The summed E-state index contributed by atoms with van der Waals surface area (Å²) in [4.78, 5) is 30.5. The minimum absolute atomic E-state index is 0.154. The van der Waals surface area contributed by atoms with E-state index in [2.05, 4.69) is 4.74 Å². The number of non-ortho nitro benzene ring substituents is 1. The molecule has 0 saturated carbocycles. The van der Waals surface area contributed by atoms with Crippen LogP contribution >= 0.6 is 0 Å². The van der Waals surface area contributed by atoms with Crippen LogP contribution < -0.4 is 4.74 Å². The van der Waals surface area contributed by atoms with Gasteiger partial charge < -0.3 is 4.74 Å². The number of aryl methyl sites for hydroxylation is 1. The fourth-order valence-electron chi connectivity index (χ4n) is 1.25. The van der Waals surface area contributed by atoms with Gasteiger partial charge in [0.2, 0.25) is 5.75 Å². The van der Waals surface area contributed by atoms with Crippen molar-refractivity contribution in [3.63, 3.8) is 0 Å². The van der Waals surface area contributed by atoms with Gasteiger partial charge in [-0.15, -0.1) is 0 Å². The lowest BCUT2D eigenvalue weighted by Crippen LogP contribution is -2.06. The Morgan fingerprint density at radius 3 is 2.24 bits per heavy atom. The first-order valence-electron chi connectivity index (χ1n) is 4.44. The van der Waals surface area contributed by atoms with Gasteiger partial charge >= 0.3 is 11.7 Å². The smallest absolute Gasteiger partial charge is 0.318 e. The summed E-state index contributed by atoms with van der Waals surface area (Å²) in [6.07, 6.45) is 0. The van der Waals surface area contributed by atoms with Crippen molar-refractivity contribution in [2.24, 2.45) is 0 Å². The van der Waals surface area contributed by atoms with Gasteiger partial charge in [-0.3, -0.25) is 25.0 Å². The molecule has 0 bridgehead atoms. The summed E-state index contributed by atoms with van der Waals surface area (Å²) in [5.74, 6) is -1.00. The number of carbonyl (C=O) groups excluding carboxylic acids is 1. The zero-order valence-corrected chi connectivity index (χ0v) is 9.00. The zero-order chi connectivity index (χ0) is 13.2. The first-order valence-corrected chi connectivity index (χ1v) is 4.44. The van der Waals surface area contributed by atoms with E-state index in [9.17, 15) is 25.0 Å². The van der Waals surface area contributed by atoms with E-state index in [0.717, 1.165) is 19.1 Å². The maximum atomic E-state index is 10.8. The highest BCUT2D eigenvalue weighted by atomic mass is 16.6. The lowest BCUT2D eigenvalue weighted by atomic mass is 10.1. The van der Waals surface area contributed by atoms with Crippen LogP contribution in [0.25, 0.3) is 0 Å². The average Bonchev–Trinajstić information content (AvgIpc) is 2.19. The van der Waals surface area contributed by atoms with Crippen LogP contribution in [-0.4, -0.2) is 15.8 Å². The van der Waals surface area contributed by atoms with Crippen molar-refractivity contribution in [2.45, 2.75) is 13.8 Å². The van der Waals surface area contributed by atoms with Crippen molar-refractivity contribution < 1.29 is 19.4 Å². The van der Waals surface area contributed by atoms with Crippen LogP contribution in [0, 0.1) is 27.2 Å². The standard InChI is InChI=1S/C9H8N2O6/c1-5-3-7(10(13)14)4-8(11(15)16)9(5)17-6(2)12/h3-4H,1-2H3. The van der Waals surface area contributed by atoms with E-state index in [1.807, 2.05) is 0 Å². The topological polar surface area (TPSA) is 113 Å². The highest BCUT2D eigenvalue weighted by molar-refractivity contribution is 5.73. The molecule has 1 rings (SSSR count). The van der Waals surface area contributed by atoms with Crippen LogP contribution in [0.5, 0.6) is 5.75 Å². The molecule has 8 heteroatoms. The number of nitrogens with zero attached hydrogens (tertiary/aromatic N) is 2. The van der Waals surface area contributed by atoms with Crippen LogP contribution in [0.2, 0.25) is 0 Å². The monoisotopic (exact) mass is 240 g/mol. The second kappa shape index (κ2) is 4.56. The molecule has 0 aliphatic heterocycles. The van der Waals surface area contributed by atoms with Gasteiger partial charge in [-0.05, 0) is 6.92 Å². The predicted octanol–water partition coefficient (Wildman–Crippen LogP) is 1.74. The third-order valence-electron chi connectivity index (χ3n) is 1.89. The average molecular weight is 240 g/mol. The molecular weight excluding hydrogens is 232 g/mol. The molecule has 1 aromatic rings. The summed E-state index contributed by atoms with van der Waals surface area (Å²) >= 11 is 0. The van der Waals surface area contributed by atoms with Crippen molar-refractivity contribution in [3.8, 4) is 5.75 Å². The molecule has 0 unspecified atom stereocenters. The second-order valence-electron chi connectivity index (χ2n) is 3.22. The Morgan fingerprint density at radius 1 is 1.24 bits per heavy atom. The molecule has 0 fully saturated rings. The number of hydrogen-bond donors (Lipinski definition) is 0. The van der Waals surface area contributed by atoms with E-state index in [0.29, 0.717) is 0 Å². The van der Waals surface area contributed by atoms with Crippen molar-refractivity contribution in [2.75, 3.05) is 0 Å². The number of esters is 1. The van der Waals surface area contributed by atoms with Gasteiger partial charge in [0.25, 0.3) is 5.69 Å². The van der Waals surface area contributed by atoms with Crippen LogP contribution in [0.3, 0.4) is 0 Å². The molecule has 0 aliphatic carbocycles. The van der Waals surface area contributed by atoms with Gasteiger partial charge in [0.1, 0.15) is 0 Å². The number of hydrogen-bond acceptors (Lipinski definition) is 6. The Labute approximate surface area is 95.1 Å². The van der Waals surface area contributed by atoms with Gasteiger partial charge in [-0.1, -0.05) is 0 Å². The van der Waals surface area contributed by atoms with Crippen molar-refractivity contribution in [1.29, 1.82) is 0 Å². The van der Waals surface area contributed by atoms with Crippen LogP contribution in [-0.2, 0) is 4.79 Å². The largest absolute Gasteiger partial charge is 0.419 e. The molecule has 90 valence electrons. The van der Waals surface area contributed by atoms with E-state index >= 15 is 0 Å². The number of nitro benzene ring substituents is 2. The fourth-order valence-corrected chi connectivity index (χ4v) is 1.25. The molecule has 0 N–H and O–H groups in total. The Kier molecular flexibility index (Phi) is 3.37. The number of carbonyl (C=O) groups is 1. The molecule has 1 aromatic carbocycles. The van der Waals surface area contributed by atoms with Gasteiger partial charge in [-0.25, -0.2) is 0 Å². The van der Waals surface area contributed by atoms with E-state index in [-0.39, 0.29) is 11.3 Å². The first-order chi connectivity index (χ1) is 7.82. The lowest BCUT2D eigenvalue weighted by molar-refractivity contribution is -0.394. The maximum absolute atomic E-state index is 10.8. The highest BCUT2D eigenvalue weighted by Gasteiger charge is 2.24. The summed E-state index contributed by atoms with van der Waals surface area (Å²) in [5.41, 5.74) is -0.877. The molecule has 0 heterocycles. The van der Waals surface area contributed by atoms with E-state index in [4.69, 9.17) is 0 Å². The summed E-state index contributed by atoms with van der Waals surface area (Å²) in [6, 6.07) is 1.86. The molecule has 8 nitrogen and oxygen atoms in total. The SMILES string of the molecule is CC(=O)Oc1c(C)cc([N+](=O)[O-])cc1[N+](=O)[O-]. The van der Waals surface area contributed by atoms with Gasteiger partial charge in [0.05, 0.1) is 15.9 Å². The third kappa shape index (κ3) is 2.74. The van der Waals surface area contributed by atoms with Crippen molar-refractivity contribution in [1.82, 2.24) is 0 Å². The third-order valence-corrected chi connectivity index (χ3v) is 1.89. The molecule has 0 amide bonds. The molecule has 17 heavy (non-hydrogen) atoms. The zero-order valence-electron chi connectivity index (χ0n) is 9.00. The van der Waals surface area contributed by atoms with E-state index in [1.54, 1.807) is 0 Å². The summed E-state index contributed by atoms with van der Waals surface area (Å²) in [7, 11) is 0. The summed E-state index contributed by atoms with van der Waals surface area (Å²) in [6.45, 7) is 2.48. The van der Waals surface area contributed by atoms with Crippen LogP contribution in [0.4, 0.5) is 11.4 Å². The Balaban J connectivity index is 3.43. The fraction of sp³-hybridized carbons (Fsp3) is 0.222. The number of ether oxygens (including phenoxy) is 1. The Morgan fingerprint density at radius 2 is 1.82 bits per heavy atom. The number of rotatable bonds is 3. The molecule has 0 radical (unpaired) electrons. The van der Waals surface area contributed by atoms with Gasteiger partial charge in [0, 0.05) is 18.6 Å². The van der Waals surface area contributed by atoms with Crippen molar-refractivity contribution in [3.05, 3.63) is 37.9 Å². The highest BCUT2D eigenvalue weighted by Crippen LogP contribution is 2.34. The minimum atomic E-state index is -0.835. The van der Waals surface area contributed by atoms with Gasteiger partial charge in [-0.2, -0.15) is 0 Å². The number of benzene rings is 1. The molecule has 0 atom stereocenters. The second-order valence-corrected chi connectivity index (χ2v) is 3.22. The van der Waals surface area contributed by atoms with Crippen LogP contribution in [0.15, 0.2) is 12.1 Å². The van der Waals surface area contributed by atoms with E-state index in [1.165, 1.54) is 6.92 Å². The van der Waals surface area contributed by atoms with Crippen LogP contribution in [0.1, 0.15) is 12.5 Å². The first kappa shape index (κ1) is 12.6. The quantitative estimate of drug-likeness (QED) is 0.344. The normalized spacial score (nSPS) is 9.76. The maximum Gasteiger partial charge on any atom is 0.318 e. The predicted molar refractivity (Wildman–Crippen MR) is 55.8 cm³/mol. The molecule has 0 aromatic heterocycles. The van der Waals surface area contributed by atoms with Crippen molar-refractivity contribution >= 4 is 17.3 Å². The minimum Gasteiger partial charge on any atom is -0.419 e. The Hall–Kier alpha value is -2.51. The Bertz CT molecular complexity index is 510. The summed E-state index contributed by atoms with van der Waals surface area (Å²) in [5, 5.41) is 21.3.